The Kier molecular flexibility index (Phi) is 4.35. The van der Waals surface area contributed by atoms with Crippen molar-refractivity contribution in [1.29, 1.82) is 0 Å². The van der Waals surface area contributed by atoms with Crippen LogP contribution in [-0.2, 0) is 10.0 Å². The fourth-order valence-corrected chi connectivity index (χ4v) is 4.18. The second-order valence-corrected chi connectivity index (χ2v) is 6.86. The fourth-order valence-electron chi connectivity index (χ4n) is 2.16. The van der Waals surface area contributed by atoms with Gasteiger partial charge in [0.25, 0.3) is 0 Å². The van der Waals surface area contributed by atoms with Crippen LogP contribution < -0.4 is 10.5 Å². The maximum atomic E-state index is 12.5. The van der Waals surface area contributed by atoms with E-state index in [0.717, 1.165) is 6.42 Å². The third-order valence-electron chi connectivity index (χ3n) is 3.34. The van der Waals surface area contributed by atoms with Crippen molar-refractivity contribution in [2.45, 2.75) is 11.3 Å². The largest absolute Gasteiger partial charge is 0.497 e. The molecule has 0 spiro atoms. The van der Waals surface area contributed by atoms with Crippen LogP contribution in [0.5, 0.6) is 5.75 Å². The molecule has 1 aliphatic rings. The van der Waals surface area contributed by atoms with Gasteiger partial charge >= 0.3 is 0 Å². The normalized spacial score (nSPS) is 20.7. The van der Waals surface area contributed by atoms with Gasteiger partial charge in [-0.25, -0.2) is 8.42 Å². The third-order valence-corrected chi connectivity index (χ3v) is 5.68. The Morgan fingerprint density at radius 2 is 2.26 bits per heavy atom. The van der Waals surface area contributed by atoms with E-state index in [1.54, 1.807) is 6.07 Å². The Balaban J connectivity index is 2.34. The summed E-state index contributed by atoms with van der Waals surface area (Å²) in [5.41, 5.74) is 5.59. The van der Waals surface area contributed by atoms with Crippen LogP contribution in [0.1, 0.15) is 6.42 Å². The third kappa shape index (κ3) is 2.86. The molecule has 0 saturated carbocycles. The summed E-state index contributed by atoms with van der Waals surface area (Å²) in [5.74, 6) is 0.691. The van der Waals surface area contributed by atoms with E-state index in [9.17, 15) is 8.42 Å². The molecule has 2 rings (SSSR count). The highest BCUT2D eigenvalue weighted by Crippen LogP contribution is 2.31. The molecule has 0 aliphatic carbocycles. The molecule has 7 heteroatoms. The van der Waals surface area contributed by atoms with Gasteiger partial charge in [-0.05, 0) is 31.0 Å². The first-order valence-electron chi connectivity index (χ1n) is 6.02. The van der Waals surface area contributed by atoms with Crippen molar-refractivity contribution in [3.8, 4) is 5.75 Å². The van der Waals surface area contributed by atoms with Gasteiger partial charge < -0.3 is 10.5 Å². The zero-order valence-corrected chi connectivity index (χ0v) is 12.2. The van der Waals surface area contributed by atoms with E-state index in [0.29, 0.717) is 25.4 Å². The minimum absolute atomic E-state index is 0.0891. The van der Waals surface area contributed by atoms with Gasteiger partial charge in [-0.1, -0.05) is 11.6 Å². The first-order valence-corrected chi connectivity index (χ1v) is 7.84. The van der Waals surface area contributed by atoms with Crippen molar-refractivity contribution >= 4 is 21.6 Å². The molecule has 2 N–H and O–H groups in total. The maximum Gasteiger partial charge on any atom is 0.244 e. The first-order chi connectivity index (χ1) is 8.98. The molecule has 1 atom stereocenters. The van der Waals surface area contributed by atoms with Crippen molar-refractivity contribution in [1.82, 2.24) is 4.31 Å². The molecule has 0 amide bonds. The Morgan fingerprint density at radius 1 is 1.53 bits per heavy atom. The lowest BCUT2D eigenvalue weighted by Gasteiger charge is -2.17. The zero-order valence-electron chi connectivity index (χ0n) is 10.7. The minimum Gasteiger partial charge on any atom is -0.497 e. The molecule has 0 bridgehead atoms. The average molecular weight is 305 g/mol. The molecule has 19 heavy (non-hydrogen) atoms. The van der Waals surface area contributed by atoms with Gasteiger partial charge in [0.1, 0.15) is 10.6 Å². The molecule has 1 aromatic rings. The summed E-state index contributed by atoms with van der Waals surface area (Å²) in [6.07, 6.45) is 0.789. The highest BCUT2D eigenvalue weighted by Gasteiger charge is 2.33. The number of nitrogens with zero attached hydrogens (tertiary/aromatic N) is 1. The molecule has 106 valence electrons. The van der Waals surface area contributed by atoms with Gasteiger partial charge in [-0.3, -0.25) is 0 Å². The molecule has 1 heterocycles. The van der Waals surface area contributed by atoms with Gasteiger partial charge in [0.15, 0.2) is 0 Å². The lowest BCUT2D eigenvalue weighted by atomic mass is 10.1. The van der Waals surface area contributed by atoms with E-state index in [4.69, 9.17) is 22.1 Å². The van der Waals surface area contributed by atoms with Crippen LogP contribution in [0, 0.1) is 5.92 Å². The summed E-state index contributed by atoms with van der Waals surface area (Å²) in [6, 6.07) is 4.62. The summed E-state index contributed by atoms with van der Waals surface area (Å²) >= 11 is 6.00. The Morgan fingerprint density at radius 3 is 2.84 bits per heavy atom. The van der Waals surface area contributed by atoms with E-state index in [2.05, 4.69) is 0 Å². The number of halogens is 1. The number of rotatable bonds is 4. The second-order valence-electron chi connectivity index (χ2n) is 4.55. The van der Waals surface area contributed by atoms with E-state index in [1.807, 2.05) is 0 Å². The van der Waals surface area contributed by atoms with Crippen molar-refractivity contribution in [3.05, 3.63) is 23.2 Å². The molecule has 5 nitrogen and oxygen atoms in total. The molecule has 1 aliphatic heterocycles. The van der Waals surface area contributed by atoms with Crippen LogP contribution in [0.25, 0.3) is 0 Å². The molecule has 1 saturated heterocycles. The van der Waals surface area contributed by atoms with Gasteiger partial charge in [0.05, 0.1) is 12.1 Å². The Hall–Kier alpha value is -0.820. The predicted molar refractivity (Wildman–Crippen MR) is 73.9 cm³/mol. The van der Waals surface area contributed by atoms with Crippen molar-refractivity contribution in [3.63, 3.8) is 0 Å². The van der Waals surface area contributed by atoms with Crippen molar-refractivity contribution < 1.29 is 13.2 Å². The number of nitrogens with two attached hydrogens (primary N) is 1. The molecule has 0 aromatic heterocycles. The van der Waals surface area contributed by atoms with Gasteiger partial charge in [0.2, 0.25) is 10.0 Å². The van der Waals surface area contributed by atoms with Gasteiger partial charge in [0, 0.05) is 19.2 Å². The van der Waals surface area contributed by atoms with E-state index < -0.39 is 10.0 Å². The second kappa shape index (κ2) is 5.66. The van der Waals surface area contributed by atoms with Crippen LogP contribution >= 0.6 is 11.6 Å². The number of hydrogen-bond acceptors (Lipinski definition) is 4. The smallest absolute Gasteiger partial charge is 0.244 e. The maximum absolute atomic E-state index is 12.5. The van der Waals surface area contributed by atoms with Crippen LogP contribution in [-0.4, -0.2) is 39.5 Å². The topological polar surface area (TPSA) is 72.6 Å². The summed E-state index contributed by atoms with van der Waals surface area (Å²) in [5, 5.41) is 0.206. The van der Waals surface area contributed by atoms with Crippen LogP contribution in [0.2, 0.25) is 5.02 Å². The average Bonchev–Trinajstić information content (AvgIpc) is 2.88. The van der Waals surface area contributed by atoms with Crippen molar-refractivity contribution in [2.75, 3.05) is 26.7 Å². The first kappa shape index (κ1) is 14.6. The van der Waals surface area contributed by atoms with Gasteiger partial charge in [-0.2, -0.15) is 4.31 Å². The van der Waals surface area contributed by atoms with Crippen LogP contribution in [0.15, 0.2) is 23.1 Å². The lowest BCUT2D eigenvalue weighted by molar-refractivity contribution is 0.412. The molecule has 0 radical (unpaired) electrons. The van der Waals surface area contributed by atoms with E-state index >= 15 is 0 Å². The van der Waals surface area contributed by atoms with Gasteiger partial charge in [-0.15, -0.1) is 0 Å². The number of ether oxygens (including phenoxy) is 1. The molecular formula is C12H17ClN2O3S. The van der Waals surface area contributed by atoms with Crippen LogP contribution in [0.4, 0.5) is 0 Å². The minimum atomic E-state index is -3.58. The number of methoxy groups -OCH3 is 1. The van der Waals surface area contributed by atoms with Crippen molar-refractivity contribution in [2.24, 2.45) is 11.7 Å². The SMILES string of the molecule is COc1ccc(Cl)c(S(=O)(=O)N2CCC(CN)C2)c1. The van der Waals surface area contributed by atoms with E-state index in [-0.39, 0.29) is 15.8 Å². The number of hydrogen-bond donors (Lipinski definition) is 1. The summed E-state index contributed by atoms with van der Waals surface area (Å²) in [7, 11) is -2.09. The zero-order chi connectivity index (χ0) is 14.0. The summed E-state index contributed by atoms with van der Waals surface area (Å²) in [4.78, 5) is 0.0891. The standard InChI is InChI=1S/C12H17ClN2O3S/c1-18-10-2-3-11(13)12(6-10)19(16,17)15-5-4-9(7-14)8-15/h2-3,6,9H,4-5,7-8,14H2,1H3. The fraction of sp³-hybridized carbons (Fsp3) is 0.500. The lowest BCUT2D eigenvalue weighted by Crippen LogP contribution is -2.30. The number of sulfonamides is 1. The molecule has 1 fully saturated rings. The number of benzene rings is 1. The predicted octanol–water partition coefficient (Wildman–Crippen LogP) is 1.32. The quantitative estimate of drug-likeness (QED) is 0.910. The molecule has 1 unspecified atom stereocenters. The van der Waals surface area contributed by atoms with E-state index in [1.165, 1.54) is 23.5 Å². The summed E-state index contributed by atoms with van der Waals surface area (Å²) < 4.78 is 31.5. The monoisotopic (exact) mass is 304 g/mol. The van der Waals surface area contributed by atoms with Crippen LogP contribution in [0.3, 0.4) is 0 Å². The Labute approximate surface area is 118 Å². The Bertz CT molecular complexity index is 562. The molecule has 1 aromatic carbocycles. The highest BCUT2D eigenvalue weighted by molar-refractivity contribution is 7.89. The summed E-state index contributed by atoms with van der Waals surface area (Å²) in [6.45, 7) is 1.43. The highest BCUT2D eigenvalue weighted by atomic mass is 35.5. The molecular weight excluding hydrogens is 288 g/mol.